The zero-order valence-corrected chi connectivity index (χ0v) is 9.66. The van der Waals surface area contributed by atoms with Gasteiger partial charge in [0.1, 0.15) is 12.0 Å². The zero-order chi connectivity index (χ0) is 12.2. The number of carbonyl (C=O) groups excluding carboxylic acids is 1. The Balaban J connectivity index is 2.83. The van der Waals surface area contributed by atoms with Crippen molar-refractivity contribution >= 4 is 16.0 Å². The van der Waals surface area contributed by atoms with Crippen molar-refractivity contribution in [3.63, 3.8) is 0 Å². The summed E-state index contributed by atoms with van der Waals surface area (Å²) in [6.45, 7) is 0. The van der Waals surface area contributed by atoms with Crippen LogP contribution in [0.3, 0.4) is 0 Å². The Kier molecular flexibility index (Phi) is 4.20. The van der Waals surface area contributed by atoms with Crippen LogP contribution in [0.1, 0.15) is 6.42 Å². The van der Waals surface area contributed by atoms with E-state index in [-0.39, 0.29) is 12.2 Å². The van der Waals surface area contributed by atoms with Crippen LogP contribution in [0.2, 0.25) is 0 Å². The van der Waals surface area contributed by atoms with Crippen molar-refractivity contribution in [2.75, 3.05) is 12.9 Å². The highest BCUT2D eigenvalue weighted by atomic mass is 32.2. The summed E-state index contributed by atoms with van der Waals surface area (Å²) in [4.78, 5) is 10.6. The fourth-order valence-corrected chi connectivity index (χ4v) is 2.01. The third-order valence-corrected chi connectivity index (χ3v) is 3.01. The Bertz CT molecular complexity index is 469. The van der Waals surface area contributed by atoms with Crippen LogP contribution in [-0.2, 0) is 19.6 Å². The number of allylic oxidation sites excluding steroid dienone is 2. The van der Waals surface area contributed by atoms with Crippen LogP contribution in [0.15, 0.2) is 29.4 Å². The number of hydrogen-bond acceptors (Lipinski definition) is 4. The SMILES string of the molecule is COC1C(=C=O)C=CC=C1CCS(N)(=O)=O. The molecule has 1 aliphatic carbocycles. The molecule has 1 aliphatic rings. The number of methoxy groups -OCH3 is 1. The van der Waals surface area contributed by atoms with Gasteiger partial charge in [-0.15, -0.1) is 0 Å². The molecule has 1 unspecified atom stereocenters. The van der Waals surface area contributed by atoms with Crippen molar-refractivity contribution in [1.29, 1.82) is 0 Å². The number of sulfonamides is 1. The molecule has 0 fully saturated rings. The molecular formula is C10H13NO4S. The van der Waals surface area contributed by atoms with Crippen LogP contribution >= 0.6 is 0 Å². The molecule has 88 valence electrons. The van der Waals surface area contributed by atoms with Gasteiger partial charge in [0, 0.05) is 7.11 Å². The number of rotatable bonds is 4. The molecule has 0 heterocycles. The molecule has 0 radical (unpaired) electrons. The Hall–Kier alpha value is -1.20. The lowest BCUT2D eigenvalue weighted by Gasteiger charge is -2.20. The molecular weight excluding hydrogens is 230 g/mol. The van der Waals surface area contributed by atoms with E-state index in [0.717, 1.165) is 0 Å². The fraction of sp³-hybridized carbons (Fsp3) is 0.400. The molecule has 1 atom stereocenters. The molecule has 6 heteroatoms. The van der Waals surface area contributed by atoms with Gasteiger partial charge in [-0.1, -0.05) is 12.2 Å². The van der Waals surface area contributed by atoms with E-state index < -0.39 is 16.1 Å². The number of nitrogens with two attached hydrogens (primary N) is 1. The first-order valence-electron chi connectivity index (χ1n) is 4.63. The Morgan fingerprint density at radius 2 is 2.25 bits per heavy atom. The lowest BCUT2D eigenvalue weighted by molar-refractivity contribution is 0.160. The zero-order valence-electron chi connectivity index (χ0n) is 8.84. The first kappa shape index (κ1) is 12.9. The first-order valence-corrected chi connectivity index (χ1v) is 6.35. The van der Waals surface area contributed by atoms with E-state index in [1.165, 1.54) is 7.11 Å². The lowest BCUT2D eigenvalue weighted by Crippen LogP contribution is -2.23. The van der Waals surface area contributed by atoms with Gasteiger partial charge in [-0.25, -0.2) is 18.4 Å². The van der Waals surface area contributed by atoms with Crippen LogP contribution in [0.25, 0.3) is 0 Å². The molecule has 0 aliphatic heterocycles. The molecule has 2 N–H and O–H groups in total. The summed E-state index contributed by atoms with van der Waals surface area (Å²) in [5, 5.41) is 4.91. The number of hydrogen-bond donors (Lipinski definition) is 1. The van der Waals surface area contributed by atoms with Crippen LogP contribution in [0.4, 0.5) is 0 Å². The fourth-order valence-electron chi connectivity index (χ4n) is 1.49. The lowest BCUT2D eigenvalue weighted by atomic mass is 9.95. The molecule has 0 bridgehead atoms. The summed E-state index contributed by atoms with van der Waals surface area (Å²) in [7, 11) is -2.06. The third kappa shape index (κ3) is 3.43. The van der Waals surface area contributed by atoms with Crippen molar-refractivity contribution in [3.05, 3.63) is 29.4 Å². The predicted octanol–water partition coefficient (Wildman–Crippen LogP) is -0.0658. The van der Waals surface area contributed by atoms with Gasteiger partial charge in [0.25, 0.3) is 0 Å². The molecule has 0 saturated heterocycles. The summed E-state index contributed by atoms with van der Waals surface area (Å²) in [5.74, 6) is 1.60. The normalized spacial score (nSPS) is 20.5. The molecule has 0 amide bonds. The Morgan fingerprint density at radius 3 is 2.75 bits per heavy atom. The quantitative estimate of drug-likeness (QED) is 0.700. The molecule has 0 aromatic carbocycles. The van der Waals surface area contributed by atoms with Gasteiger partial charge in [0.15, 0.2) is 0 Å². The first-order chi connectivity index (χ1) is 7.48. The monoisotopic (exact) mass is 243 g/mol. The highest BCUT2D eigenvalue weighted by molar-refractivity contribution is 7.89. The van der Waals surface area contributed by atoms with Crippen molar-refractivity contribution in [1.82, 2.24) is 0 Å². The minimum Gasteiger partial charge on any atom is -0.372 e. The van der Waals surface area contributed by atoms with E-state index in [9.17, 15) is 13.2 Å². The second-order valence-corrected chi connectivity index (χ2v) is 5.12. The van der Waals surface area contributed by atoms with Crippen molar-refractivity contribution in [2.45, 2.75) is 12.5 Å². The van der Waals surface area contributed by atoms with E-state index in [4.69, 9.17) is 9.88 Å². The van der Waals surface area contributed by atoms with Gasteiger partial charge in [-0.3, -0.25) is 0 Å². The van der Waals surface area contributed by atoms with Gasteiger partial charge in [0.05, 0.1) is 11.3 Å². The number of primary sulfonamides is 1. The molecule has 0 aromatic rings. The summed E-state index contributed by atoms with van der Waals surface area (Å²) in [5.41, 5.74) is 1.06. The highest BCUT2D eigenvalue weighted by Crippen LogP contribution is 2.22. The number of ether oxygens (including phenoxy) is 1. The van der Waals surface area contributed by atoms with E-state index in [2.05, 4.69) is 0 Å². The maximum absolute atomic E-state index is 10.8. The molecule has 16 heavy (non-hydrogen) atoms. The Labute approximate surface area is 94.3 Å². The molecule has 1 rings (SSSR count). The smallest absolute Gasteiger partial charge is 0.209 e. The average Bonchev–Trinajstić information content (AvgIpc) is 2.24. The molecule has 5 nitrogen and oxygen atoms in total. The minimum atomic E-state index is -3.51. The van der Waals surface area contributed by atoms with Crippen LogP contribution in [0, 0.1) is 0 Å². The largest absolute Gasteiger partial charge is 0.372 e. The summed E-state index contributed by atoms with van der Waals surface area (Å²) >= 11 is 0. The van der Waals surface area contributed by atoms with E-state index in [1.807, 2.05) is 0 Å². The van der Waals surface area contributed by atoms with Gasteiger partial charge in [0.2, 0.25) is 10.0 Å². The van der Waals surface area contributed by atoms with Crippen LogP contribution in [0.5, 0.6) is 0 Å². The van der Waals surface area contributed by atoms with Crippen molar-refractivity contribution in [2.24, 2.45) is 5.14 Å². The summed E-state index contributed by atoms with van der Waals surface area (Å²) in [6, 6.07) is 0. The van der Waals surface area contributed by atoms with Gasteiger partial charge in [-0.2, -0.15) is 0 Å². The van der Waals surface area contributed by atoms with Crippen LogP contribution in [-0.4, -0.2) is 33.3 Å². The van der Waals surface area contributed by atoms with E-state index in [0.29, 0.717) is 11.1 Å². The topological polar surface area (TPSA) is 86.5 Å². The maximum Gasteiger partial charge on any atom is 0.209 e. The van der Waals surface area contributed by atoms with E-state index >= 15 is 0 Å². The van der Waals surface area contributed by atoms with Gasteiger partial charge in [-0.05, 0) is 18.1 Å². The van der Waals surface area contributed by atoms with E-state index in [1.54, 1.807) is 24.2 Å². The van der Waals surface area contributed by atoms with Gasteiger partial charge >= 0.3 is 0 Å². The summed E-state index contributed by atoms with van der Waals surface area (Å²) in [6.07, 6.45) is 4.69. The molecule has 0 spiro atoms. The summed E-state index contributed by atoms with van der Waals surface area (Å²) < 4.78 is 26.8. The Morgan fingerprint density at radius 1 is 1.56 bits per heavy atom. The average molecular weight is 243 g/mol. The maximum atomic E-state index is 10.8. The second-order valence-electron chi connectivity index (χ2n) is 3.39. The molecule has 0 aromatic heterocycles. The second kappa shape index (κ2) is 5.23. The minimum absolute atomic E-state index is 0.168. The van der Waals surface area contributed by atoms with Crippen LogP contribution < -0.4 is 5.14 Å². The molecule has 0 saturated carbocycles. The standard InChI is InChI=1S/C10H13NO4S/c1-15-10-8(5-6-16(11,13)14)3-2-4-9(10)7-12/h2-4,10H,5-6H2,1H3,(H2,11,13,14). The third-order valence-electron chi connectivity index (χ3n) is 2.23. The van der Waals surface area contributed by atoms with Crippen molar-refractivity contribution in [3.8, 4) is 0 Å². The van der Waals surface area contributed by atoms with Crippen molar-refractivity contribution < 1.29 is 17.9 Å². The van der Waals surface area contributed by atoms with Gasteiger partial charge < -0.3 is 4.74 Å². The highest BCUT2D eigenvalue weighted by Gasteiger charge is 2.21. The predicted molar refractivity (Wildman–Crippen MR) is 59.8 cm³/mol.